The molecule has 0 saturated carbocycles. The smallest absolute Gasteiger partial charge is 0.000683 e. The molecule has 0 fully saturated rings. The Morgan fingerprint density at radius 1 is 0.297 bits per heavy atom. The lowest BCUT2D eigenvalue weighted by Crippen LogP contribution is -2.00. The molecule has 0 aromatic heterocycles. The summed E-state index contributed by atoms with van der Waals surface area (Å²) >= 11 is 0. The van der Waals surface area contributed by atoms with Crippen LogP contribution in [0.5, 0.6) is 0 Å². The van der Waals surface area contributed by atoms with Gasteiger partial charge in [-0.2, -0.15) is 0 Å². The second-order valence-electron chi connectivity index (χ2n) is 9.65. The Labute approximate surface area is 218 Å². The monoisotopic (exact) mass is 470 g/mol. The maximum absolute atomic E-state index is 2.30. The van der Waals surface area contributed by atoms with E-state index in [4.69, 9.17) is 0 Å². The summed E-state index contributed by atoms with van der Waals surface area (Å²) in [6.07, 6.45) is 0.935. The zero-order valence-corrected chi connectivity index (χ0v) is 20.6. The van der Waals surface area contributed by atoms with Crippen molar-refractivity contribution in [3.05, 3.63) is 157 Å². The first-order valence-corrected chi connectivity index (χ1v) is 12.9. The molecule has 0 heteroatoms. The fourth-order valence-corrected chi connectivity index (χ4v) is 5.99. The van der Waals surface area contributed by atoms with Gasteiger partial charge < -0.3 is 0 Å². The fraction of sp³-hybridized carbons (Fsp3) is 0.0270. The van der Waals surface area contributed by atoms with Gasteiger partial charge in [-0.15, -0.1) is 0 Å². The first-order chi connectivity index (χ1) is 18.4. The van der Waals surface area contributed by atoms with E-state index in [2.05, 4.69) is 146 Å². The minimum Gasteiger partial charge on any atom is -0.0622 e. The molecule has 6 aromatic carbocycles. The Morgan fingerprint density at radius 3 is 1.14 bits per heavy atom. The van der Waals surface area contributed by atoms with Crippen LogP contribution in [-0.4, -0.2) is 0 Å². The number of rotatable bonds is 4. The Bertz CT molecular complexity index is 1700. The minimum atomic E-state index is 0.935. The van der Waals surface area contributed by atoms with Gasteiger partial charge in [-0.1, -0.05) is 146 Å². The van der Waals surface area contributed by atoms with Crippen LogP contribution in [0.4, 0.5) is 0 Å². The third-order valence-electron chi connectivity index (χ3n) is 7.51. The van der Waals surface area contributed by atoms with E-state index in [9.17, 15) is 0 Å². The molecule has 0 nitrogen and oxygen atoms in total. The summed E-state index contributed by atoms with van der Waals surface area (Å²) in [6, 6.07) is 52.7. The molecule has 37 heavy (non-hydrogen) atoms. The molecule has 0 saturated heterocycles. The number of benzene rings is 6. The summed E-state index contributed by atoms with van der Waals surface area (Å²) in [7, 11) is 0. The first-order valence-electron chi connectivity index (χ1n) is 12.9. The normalized spacial score (nSPS) is 11.7. The summed E-state index contributed by atoms with van der Waals surface area (Å²) in [4.78, 5) is 0. The van der Waals surface area contributed by atoms with Gasteiger partial charge in [0.2, 0.25) is 0 Å². The van der Waals surface area contributed by atoms with E-state index in [0.717, 1.165) is 6.42 Å². The second kappa shape index (κ2) is 9.08. The molecule has 0 radical (unpaired) electrons. The SMILES string of the molecule is c1ccc(-c2c3c(c(-c4ccccc4)c(-c4ccccc4)c2-c2ccccc2)-c2ccccc2C3)cc1. The molecule has 0 atom stereocenters. The van der Waals surface area contributed by atoms with Gasteiger partial charge in [0.1, 0.15) is 0 Å². The van der Waals surface area contributed by atoms with Gasteiger partial charge in [-0.25, -0.2) is 0 Å². The number of fused-ring (bicyclic) bond motifs is 3. The van der Waals surface area contributed by atoms with Crippen LogP contribution in [-0.2, 0) is 6.42 Å². The molecular formula is C37H26. The van der Waals surface area contributed by atoms with Crippen LogP contribution >= 0.6 is 0 Å². The lowest BCUT2D eigenvalue weighted by molar-refractivity contribution is 1.26. The van der Waals surface area contributed by atoms with Crippen LogP contribution < -0.4 is 0 Å². The predicted octanol–water partition coefficient (Wildman–Crippen LogP) is 9.93. The zero-order chi connectivity index (χ0) is 24.6. The van der Waals surface area contributed by atoms with Crippen LogP contribution in [0.2, 0.25) is 0 Å². The van der Waals surface area contributed by atoms with Crippen molar-refractivity contribution in [3.63, 3.8) is 0 Å². The highest BCUT2D eigenvalue weighted by Crippen LogP contribution is 2.55. The minimum absolute atomic E-state index is 0.935. The van der Waals surface area contributed by atoms with Crippen molar-refractivity contribution in [2.24, 2.45) is 0 Å². The summed E-state index contributed by atoms with van der Waals surface area (Å²) in [5.41, 5.74) is 15.8. The molecule has 6 aromatic rings. The molecule has 0 bridgehead atoms. The Morgan fingerprint density at radius 2 is 0.649 bits per heavy atom. The molecule has 0 spiro atoms. The van der Waals surface area contributed by atoms with Crippen LogP contribution in [0.1, 0.15) is 11.1 Å². The highest BCUT2D eigenvalue weighted by atomic mass is 14.3. The maximum Gasteiger partial charge on any atom is -0.000683 e. The highest BCUT2D eigenvalue weighted by Gasteiger charge is 2.31. The van der Waals surface area contributed by atoms with E-state index in [1.54, 1.807) is 0 Å². The average molecular weight is 471 g/mol. The van der Waals surface area contributed by atoms with Crippen molar-refractivity contribution in [2.75, 3.05) is 0 Å². The molecule has 0 amide bonds. The Hall–Kier alpha value is -4.68. The van der Waals surface area contributed by atoms with E-state index in [0.29, 0.717) is 0 Å². The van der Waals surface area contributed by atoms with Gasteiger partial charge in [-0.05, 0) is 73.2 Å². The molecular weight excluding hydrogens is 444 g/mol. The quantitative estimate of drug-likeness (QED) is 0.240. The van der Waals surface area contributed by atoms with Gasteiger partial charge in [0.05, 0.1) is 0 Å². The largest absolute Gasteiger partial charge is 0.0622 e. The van der Waals surface area contributed by atoms with E-state index in [-0.39, 0.29) is 0 Å². The number of hydrogen-bond acceptors (Lipinski definition) is 0. The average Bonchev–Trinajstić information content (AvgIpc) is 3.37. The van der Waals surface area contributed by atoms with E-state index < -0.39 is 0 Å². The Balaban J connectivity index is 1.75. The molecule has 1 aliphatic carbocycles. The summed E-state index contributed by atoms with van der Waals surface area (Å²) in [6.45, 7) is 0. The summed E-state index contributed by atoms with van der Waals surface area (Å²) < 4.78 is 0. The van der Waals surface area contributed by atoms with Crippen LogP contribution in [0, 0.1) is 0 Å². The van der Waals surface area contributed by atoms with Gasteiger partial charge in [-0.3, -0.25) is 0 Å². The molecule has 1 aliphatic rings. The molecule has 0 N–H and O–H groups in total. The Kier molecular flexibility index (Phi) is 5.30. The molecule has 0 unspecified atom stereocenters. The number of hydrogen-bond donors (Lipinski definition) is 0. The van der Waals surface area contributed by atoms with Crippen LogP contribution in [0.25, 0.3) is 55.6 Å². The molecule has 0 heterocycles. The molecule has 7 rings (SSSR count). The third-order valence-corrected chi connectivity index (χ3v) is 7.51. The standard InChI is InChI=1S/C37H26/c1-5-15-26(16-6-1)33-32-25-30-23-13-14-24-31(30)37(32)36(29-21-11-4-12-22-29)35(28-19-9-3-10-20-28)34(33)27-17-7-2-8-18-27/h1-24H,25H2. The van der Waals surface area contributed by atoms with Crippen molar-refractivity contribution in [1.29, 1.82) is 0 Å². The predicted molar refractivity (Wildman–Crippen MR) is 156 cm³/mol. The van der Waals surface area contributed by atoms with Gasteiger partial charge in [0, 0.05) is 0 Å². The maximum atomic E-state index is 2.30. The van der Waals surface area contributed by atoms with E-state index >= 15 is 0 Å². The topological polar surface area (TPSA) is 0 Å². The van der Waals surface area contributed by atoms with Crippen LogP contribution in [0.3, 0.4) is 0 Å². The van der Waals surface area contributed by atoms with Crippen molar-refractivity contribution in [1.82, 2.24) is 0 Å². The zero-order valence-electron chi connectivity index (χ0n) is 20.6. The first kappa shape index (κ1) is 21.6. The molecule has 0 aliphatic heterocycles. The van der Waals surface area contributed by atoms with Gasteiger partial charge in [0.15, 0.2) is 0 Å². The summed E-state index contributed by atoms with van der Waals surface area (Å²) in [5, 5.41) is 0. The van der Waals surface area contributed by atoms with Crippen molar-refractivity contribution in [2.45, 2.75) is 6.42 Å². The molecule has 174 valence electrons. The van der Waals surface area contributed by atoms with E-state index in [1.807, 2.05) is 0 Å². The fourth-order valence-electron chi connectivity index (χ4n) is 5.99. The lowest BCUT2D eigenvalue weighted by atomic mass is 9.77. The van der Waals surface area contributed by atoms with Gasteiger partial charge >= 0.3 is 0 Å². The third kappa shape index (κ3) is 3.61. The van der Waals surface area contributed by atoms with Crippen LogP contribution in [0.15, 0.2) is 146 Å². The van der Waals surface area contributed by atoms with Gasteiger partial charge in [0.25, 0.3) is 0 Å². The van der Waals surface area contributed by atoms with E-state index in [1.165, 1.54) is 66.8 Å². The second-order valence-corrected chi connectivity index (χ2v) is 9.65. The van der Waals surface area contributed by atoms with Crippen molar-refractivity contribution >= 4 is 0 Å². The lowest BCUT2D eigenvalue weighted by Gasteiger charge is -2.25. The van der Waals surface area contributed by atoms with Crippen molar-refractivity contribution in [3.8, 4) is 55.6 Å². The summed E-state index contributed by atoms with van der Waals surface area (Å²) in [5.74, 6) is 0. The highest BCUT2D eigenvalue weighted by molar-refractivity contribution is 6.10. The van der Waals surface area contributed by atoms with Crippen molar-refractivity contribution < 1.29 is 0 Å².